The summed E-state index contributed by atoms with van der Waals surface area (Å²) in [6.07, 6.45) is 9.20. The van der Waals surface area contributed by atoms with Crippen LogP contribution in [-0.4, -0.2) is 85.1 Å². The molecule has 0 amide bonds. The third kappa shape index (κ3) is 3.92. The molecule has 1 aliphatic rings. The molecule has 0 bridgehead atoms. The Bertz CT molecular complexity index is 1200. The van der Waals surface area contributed by atoms with Crippen LogP contribution in [0.15, 0.2) is 37.1 Å². The van der Waals surface area contributed by atoms with Gasteiger partial charge < -0.3 is 14.4 Å². The first-order chi connectivity index (χ1) is 15.8. The molecular weight excluding hydrogens is 410 g/mol. The molecule has 0 radical (unpaired) electrons. The number of likely N-dealkylation sites (tertiary alicyclic amines) is 1. The van der Waals surface area contributed by atoms with Gasteiger partial charge in [0.1, 0.15) is 12.0 Å². The SMILES string of the molecule is COCCN1CCC(n2cc(-c3ncnc4c3nnn4-c3ccnc(OC)c3)cn2)CC1. The molecule has 0 aromatic carbocycles. The fourth-order valence-corrected chi connectivity index (χ4v) is 4.06. The average molecular weight is 435 g/mol. The van der Waals surface area contributed by atoms with E-state index in [1.165, 1.54) is 6.33 Å². The molecule has 1 saturated heterocycles. The molecule has 11 nitrogen and oxygen atoms in total. The van der Waals surface area contributed by atoms with Crippen LogP contribution in [0.5, 0.6) is 5.88 Å². The molecule has 0 saturated carbocycles. The van der Waals surface area contributed by atoms with Gasteiger partial charge >= 0.3 is 0 Å². The molecule has 166 valence electrons. The molecule has 1 aliphatic heterocycles. The van der Waals surface area contributed by atoms with Crippen LogP contribution in [0.4, 0.5) is 0 Å². The van der Waals surface area contributed by atoms with Crippen molar-refractivity contribution in [2.24, 2.45) is 0 Å². The lowest BCUT2D eigenvalue weighted by atomic mass is 10.1. The lowest BCUT2D eigenvalue weighted by Gasteiger charge is -2.31. The molecule has 1 fully saturated rings. The van der Waals surface area contributed by atoms with Crippen molar-refractivity contribution in [3.63, 3.8) is 0 Å². The Labute approximate surface area is 185 Å². The zero-order valence-electron chi connectivity index (χ0n) is 18.1. The van der Waals surface area contributed by atoms with Crippen molar-refractivity contribution in [2.75, 3.05) is 40.5 Å². The van der Waals surface area contributed by atoms with E-state index in [0.29, 0.717) is 28.8 Å². The van der Waals surface area contributed by atoms with E-state index in [9.17, 15) is 0 Å². The topological polar surface area (TPSA) is 109 Å². The lowest BCUT2D eigenvalue weighted by Crippen LogP contribution is -2.36. The number of methoxy groups -OCH3 is 2. The predicted molar refractivity (Wildman–Crippen MR) is 117 cm³/mol. The molecular formula is C21H25N9O2. The second kappa shape index (κ2) is 8.97. The average Bonchev–Trinajstić information content (AvgIpc) is 3.51. The number of rotatable bonds is 7. The largest absolute Gasteiger partial charge is 0.481 e. The molecule has 5 rings (SSSR count). The van der Waals surface area contributed by atoms with Crippen LogP contribution < -0.4 is 4.74 Å². The fourth-order valence-electron chi connectivity index (χ4n) is 4.06. The maximum Gasteiger partial charge on any atom is 0.215 e. The van der Waals surface area contributed by atoms with E-state index in [4.69, 9.17) is 9.47 Å². The quantitative estimate of drug-likeness (QED) is 0.429. The summed E-state index contributed by atoms with van der Waals surface area (Å²) in [7, 11) is 3.32. The van der Waals surface area contributed by atoms with Crippen molar-refractivity contribution in [2.45, 2.75) is 18.9 Å². The Morgan fingerprint density at radius 2 is 2.00 bits per heavy atom. The first-order valence-corrected chi connectivity index (χ1v) is 10.6. The van der Waals surface area contributed by atoms with E-state index in [-0.39, 0.29) is 0 Å². The molecule has 0 N–H and O–H groups in total. The van der Waals surface area contributed by atoms with Crippen molar-refractivity contribution in [1.29, 1.82) is 0 Å². The number of hydrogen-bond donors (Lipinski definition) is 0. The van der Waals surface area contributed by atoms with Crippen LogP contribution in [0.1, 0.15) is 18.9 Å². The van der Waals surface area contributed by atoms with Crippen molar-refractivity contribution in [3.05, 3.63) is 37.1 Å². The molecule has 11 heteroatoms. The van der Waals surface area contributed by atoms with E-state index < -0.39 is 0 Å². The maximum absolute atomic E-state index is 5.22. The van der Waals surface area contributed by atoms with Crippen LogP contribution >= 0.6 is 0 Å². The van der Waals surface area contributed by atoms with Gasteiger partial charge in [0.15, 0.2) is 11.2 Å². The minimum atomic E-state index is 0.375. The van der Waals surface area contributed by atoms with Gasteiger partial charge in [-0.25, -0.2) is 15.0 Å². The van der Waals surface area contributed by atoms with E-state index in [2.05, 4.69) is 39.9 Å². The van der Waals surface area contributed by atoms with Crippen LogP contribution in [0.3, 0.4) is 0 Å². The number of hydrogen-bond acceptors (Lipinski definition) is 9. The molecule has 0 aliphatic carbocycles. The van der Waals surface area contributed by atoms with E-state index in [1.807, 2.05) is 18.5 Å². The second-order valence-electron chi connectivity index (χ2n) is 7.73. The Hall–Kier alpha value is -3.44. The van der Waals surface area contributed by atoms with Gasteiger partial charge in [0.05, 0.1) is 31.6 Å². The standard InChI is InChI=1S/C21H25N9O2/c1-31-10-9-28-7-4-16(5-8-28)29-13-15(12-25-29)19-20-21(24-14-23-19)30(27-26-20)17-3-6-22-18(11-17)32-2/h3,6,11-14,16H,4-5,7-10H2,1-2H3. The number of fused-ring (bicyclic) bond motifs is 1. The highest BCUT2D eigenvalue weighted by molar-refractivity contribution is 5.86. The molecule has 4 aromatic heterocycles. The highest BCUT2D eigenvalue weighted by atomic mass is 16.5. The van der Waals surface area contributed by atoms with Crippen molar-refractivity contribution in [3.8, 4) is 22.8 Å². The molecule has 5 heterocycles. The van der Waals surface area contributed by atoms with Gasteiger partial charge in [0, 0.05) is 50.8 Å². The maximum atomic E-state index is 5.22. The van der Waals surface area contributed by atoms with Gasteiger partial charge in [-0.3, -0.25) is 4.68 Å². The highest BCUT2D eigenvalue weighted by Gasteiger charge is 2.22. The summed E-state index contributed by atoms with van der Waals surface area (Å²) in [6.45, 7) is 3.84. The number of pyridine rings is 1. The van der Waals surface area contributed by atoms with Gasteiger partial charge in [-0.15, -0.1) is 5.10 Å². The zero-order chi connectivity index (χ0) is 21.9. The van der Waals surface area contributed by atoms with Crippen LogP contribution in [-0.2, 0) is 4.74 Å². The summed E-state index contributed by atoms with van der Waals surface area (Å²) in [4.78, 5) is 15.5. The molecule has 0 atom stereocenters. The van der Waals surface area contributed by atoms with Crippen molar-refractivity contribution in [1.82, 2.24) is 44.6 Å². The summed E-state index contributed by atoms with van der Waals surface area (Å²) in [5.74, 6) is 0.495. The van der Waals surface area contributed by atoms with Gasteiger partial charge in [-0.1, -0.05) is 5.21 Å². The number of ether oxygens (including phenoxy) is 2. The highest BCUT2D eigenvalue weighted by Crippen LogP contribution is 2.28. The van der Waals surface area contributed by atoms with Gasteiger partial charge in [0.2, 0.25) is 5.88 Å². The summed E-state index contributed by atoms with van der Waals surface area (Å²) < 4.78 is 14.1. The van der Waals surface area contributed by atoms with E-state index in [0.717, 1.165) is 50.3 Å². The Morgan fingerprint density at radius 1 is 1.12 bits per heavy atom. The predicted octanol–water partition coefficient (Wildman–Crippen LogP) is 1.76. The Kier molecular flexibility index (Phi) is 5.73. The van der Waals surface area contributed by atoms with Crippen LogP contribution in [0, 0.1) is 0 Å². The molecule has 0 unspecified atom stereocenters. The molecule has 4 aromatic rings. The van der Waals surface area contributed by atoms with Gasteiger partial charge in [-0.2, -0.15) is 9.78 Å². The smallest absolute Gasteiger partial charge is 0.215 e. The van der Waals surface area contributed by atoms with E-state index >= 15 is 0 Å². The summed E-state index contributed by atoms with van der Waals surface area (Å²) >= 11 is 0. The summed E-state index contributed by atoms with van der Waals surface area (Å²) in [6, 6.07) is 3.99. The molecule has 32 heavy (non-hydrogen) atoms. The summed E-state index contributed by atoms with van der Waals surface area (Å²) in [5.41, 5.74) is 3.62. The minimum absolute atomic E-state index is 0.375. The van der Waals surface area contributed by atoms with Crippen LogP contribution in [0.25, 0.3) is 28.1 Å². The number of nitrogens with zero attached hydrogens (tertiary/aromatic N) is 9. The van der Waals surface area contributed by atoms with Gasteiger partial charge in [-0.05, 0) is 18.9 Å². The summed E-state index contributed by atoms with van der Waals surface area (Å²) in [5, 5.41) is 13.3. The van der Waals surface area contributed by atoms with E-state index in [1.54, 1.807) is 31.2 Å². The normalized spacial score (nSPS) is 15.4. The van der Waals surface area contributed by atoms with Gasteiger partial charge in [0.25, 0.3) is 0 Å². The third-order valence-electron chi connectivity index (χ3n) is 5.83. The minimum Gasteiger partial charge on any atom is -0.481 e. The van der Waals surface area contributed by atoms with Crippen molar-refractivity contribution < 1.29 is 9.47 Å². The first-order valence-electron chi connectivity index (χ1n) is 10.6. The third-order valence-corrected chi connectivity index (χ3v) is 5.83. The zero-order valence-corrected chi connectivity index (χ0v) is 18.1. The monoisotopic (exact) mass is 435 g/mol. The second-order valence-corrected chi connectivity index (χ2v) is 7.73. The Balaban J connectivity index is 1.39. The Morgan fingerprint density at radius 3 is 2.81 bits per heavy atom. The molecule has 0 spiro atoms. The number of piperidine rings is 1. The lowest BCUT2D eigenvalue weighted by molar-refractivity contribution is 0.119. The first kappa shape index (κ1) is 20.5. The van der Waals surface area contributed by atoms with Crippen LogP contribution in [0.2, 0.25) is 0 Å². The fraction of sp³-hybridized carbons (Fsp3) is 0.429. The van der Waals surface area contributed by atoms with Crippen molar-refractivity contribution >= 4 is 11.2 Å². The number of aromatic nitrogens is 8.